The van der Waals surface area contributed by atoms with E-state index in [9.17, 15) is 30.7 Å². The van der Waals surface area contributed by atoms with E-state index in [-0.39, 0.29) is 29.8 Å². The van der Waals surface area contributed by atoms with Crippen LogP contribution >= 0.6 is 0 Å². The largest absolute Gasteiger partial charge is 0.432 e. The van der Waals surface area contributed by atoms with Crippen LogP contribution in [0.3, 0.4) is 0 Å². The van der Waals surface area contributed by atoms with Crippen molar-refractivity contribution in [1.82, 2.24) is 0 Å². The van der Waals surface area contributed by atoms with E-state index < -0.39 is 46.5 Å². The molecule has 1 heterocycles. The van der Waals surface area contributed by atoms with Crippen LogP contribution in [-0.2, 0) is 10.8 Å². The molecule has 0 spiro atoms. The molecule has 0 radical (unpaired) electrons. The van der Waals surface area contributed by atoms with Gasteiger partial charge in [0.1, 0.15) is 22.9 Å². The van der Waals surface area contributed by atoms with Gasteiger partial charge in [-0.25, -0.2) is 22.0 Å². The summed E-state index contributed by atoms with van der Waals surface area (Å²) in [4.78, 5) is 0. The van der Waals surface area contributed by atoms with Crippen LogP contribution in [0.4, 0.5) is 30.7 Å². The fourth-order valence-electron chi connectivity index (χ4n) is 3.73. The number of halogens is 7. The highest BCUT2D eigenvalue weighted by atomic mass is 19.3. The Balaban J connectivity index is 1.58. The number of nitrogens with two attached hydrogens (primary N) is 1. The minimum absolute atomic E-state index is 0.0217. The number of benzene rings is 3. The standard InChI is InChI=1S/C24H18F7NO2/c25-17-7-14(12-1-3-13(4-2-12)21-6-5-15(32)11-33-21)8-18(26)22(17)24(30,31)34-16-9-19(27)23(29)20(28)10-16/h1-4,7-10,15,21H,5-6,11,32H2. The molecule has 34 heavy (non-hydrogen) atoms. The van der Waals surface area contributed by atoms with Crippen molar-refractivity contribution in [2.24, 2.45) is 5.73 Å². The minimum Gasteiger partial charge on any atom is -0.429 e. The van der Waals surface area contributed by atoms with Crippen molar-refractivity contribution in [2.75, 3.05) is 6.61 Å². The Kier molecular flexibility index (Phi) is 6.55. The third-order valence-corrected chi connectivity index (χ3v) is 5.46. The summed E-state index contributed by atoms with van der Waals surface area (Å²) >= 11 is 0. The summed E-state index contributed by atoms with van der Waals surface area (Å²) in [6.07, 6.45) is -3.30. The van der Waals surface area contributed by atoms with Gasteiger partial charge in [0.25, 0.3) is 0 Å². The Morgan fingerprint density at radius 2 is 1.38 bits per heavy atom. The van der Waals surface area contributed by atoms with Gasteiger partial charge in [-0.1, -0.05) is 24.3 Å². The second-order valence-corrected chi connectivity index (χ2v) is 7.92. The second-order valence-electron chi connectivity index (χ2n) is 7.92. The van der Waals surface area contributed by atoms with Gasteiger partial charge in [-0.05, 0) is 41.7 Å². The molecule has 3 aromatic carbocycles. The summed E-state index contributed by atoms with van der Waals surface area (Å²) in [7, 11) is 0. The third-order valence-electron chi connectivity index (χ3n) is 5.46. The van der Waals surface area contributed by atoms with Crippen LogP contribution in [0.1, 0.15) is 30.1 Å². The van der Waals surface area contributed by atoms with Crippen LogP contribution in [-0.4, -0.2) is 12.6 Å². The van der Waals surface area contributed by atoms with E-state index >= 15 is 0 Å². The SMILES string of the molecule is NC1CCC(c2ccc(-c3cc(F)c(C(F)(F)Oc4cc(F)c(F)c(F)c4)c(F)c3)cc2)OC1. The monoisotopic (exact) mass is 485 g/mol. The van der Waals surface area contributed by atoms with E-state index in [4.69, 9.17) is 10.5 Å². The molecule has 4 rings (SSSR count). The molecule has 0 aliphatic carbocycles. The van der Waals surface area contributed by atoms with Crippen LogP contribution < -0.4 is 10.5 Å². The fraction of sp³-hybridized carbons (Fsp3) is 0.250. The predicted molar refractivity (Wildman–Crippen MR) is 109 cm³/mol. The Morgan fingerprint density at radius 1 is 0.794 bits per heavy atom. The lowest BCUT2D eigenvalue weighted by Gasteiger charge is -2.27. The van der Waals surface area contributed by atoms with E-state index in [2.05, 4.69) is 4.74 Å². The number of ether oxygens (including phenoxy) is 2. The van der Waals surface area contributed by atoms with E-state index in [0.717, 1.165) is 18.4 Å². The lowest BCUT2D eigenvalue weighted by atomic mass is 9.96. The van der Waals surface area contributed by atoms with Gasteiger partial charge in [0, 0.05) is 18.2 Å². The van der Waals surface area contributed by atoms with E-state index in [1.165, 1.54) is 0 Å². The van der Waals surface area contributed by atoms with Crippen molar-refractivity contribution in [1.29, 1.82) is 0 Å². The average Bonchev–Trinajstić information content (AvgIpc) is 2.77. The van der Waals surface area contributed by atoms with Gasteiger partial charge in [-0.3, -0.25) is 0 Å². The lowest BCUT2D eigenvalue weighted by molar-refractivity contribution is -0.189. The predicted octanol–water partition coefficient (Wildman–Crippen LogP) is 6.36. The normalized spacial score (nSPS) is 18.7. The van der Waals surface area contributed by atoms with E-state index in [1.807, 2.05) is 0 Å². The summed E-state index contributed by atoms with van der Waals surface area (Å²) in [6.45, 7) is 0.414. The highest BCUT2D eigenvalue weighted by Gasteiger charge is 2.41. The molecule has 0 amide bonds. The highest BCUT2D eigenvalue weighted by Crippen LogP contribution is 2.38. The molecule has 3 aromatic rings. The quantitative estimate of drug-likeness (QED) is 0.338. The smallest absolute Gasteiger partial charge is 0.429 e. The summed E-state index contributed by atoms with van der Waals surface area (Å²) in [6, 6.07) is 8.18. The van der Waals surface area contributed by atoms with Crippen LogP contribution in [0.25, 0.3) is 11.1 Å². The molecule has 2 N–H and O–H groups in total. The molecule has 1 fully saturated rings. The molecular weight excluding hydrogens is 467 g/mol. The Morgan fingerprint density at radius 3 is 1.91 bits per heavy atom. The van der Waals surface area contributed by atoms with Crippen LogP contribution in [0, 0.1) is 29.1 Å². The Bertz CT molecular complexity index is 1150. The van der Waals surface area contributed by atoms with Gasteiger partial charge in [-0.15, -0.1) is 0 Å². The zero-order chi connectivity index (χ0) is 24.6. The van der Waals surface area contributed by atoms with Gasteiger partial charge in [0.15, 0.2) is 17.5 Å². The topological polar surface area (TPSA) is 44.5 Å². The number of hydrogen-bond donors (Lipinski definition) is 1. The van der Waals surface area contributed by atoms with E-state index in [0.29, 0.717) is 24.3 Å². The molecule has 10 heteroatoms. The first kappa shape index (κ1) is 24.0. The molecule has 3 nitrogen and oxygen atoms in total. The van der Waals surface area contributed by atoms with Crippen molar-refractivity contribution < 1.29 is 40.2 Å². The van der Waals surface area contributed by atoms with Gasteiger partial charge < -0.3 is 15.2 Å². The van der Waals surface area contributed by atoms with Gasteiger partial charge >= 0.3 is 6.11 Å². The first-order chi connectivity index (χ1) is 16.0. The van der Waals surface area contributed by atoms with Crippen molar-refractivity contribution >= 4 is 0 Å². The van der Waals surface area contributed by atoms with Crippen molar-refractivity contribution in [3.05, 3.63) is 88.7 Å². The summed E-state index contributed by atoms with van der Waals surface area (Å²) in [5.74, 6) is -9.93. The zero-order valence-electron chi connectivity index (χ0n) is 17.4. The first-order valence-corrected chi connectivity index (χ1v) is 10.2. The van der Waals surface area contributed by atoms with Gasteiger partial charge in [0.2, 0.25) is 0 Å². The molecule has 1 aliphatic heterocycles. The van der Waals surface area contributed by atoms with Crippen molar-refractivity contribution in [3.63, 3.8) is 0 Å². The maximum atomic E-state index is 14.6. The third kappa shape index (κ3) is 4.88. The minimum atomic E-state index is -4.65. The number of alkyl halides is 2. The molecule has 2 atom stereocenters. The number of hydrogen-bond acceptors (Lipinski definition) is 3. The molecule has 1 saturated heterocycles. The second kappa shape index (κ2) is 9.27. The summed E-state index contributed by atoms with van der Waals surface area (Å²) in [5, 5.41) is 0. The molecule has 0 saturated carbocycles. The maximum Gasteiger partial charge on any atom is 0.432 e. The highest BCUT2D eigenvalue weighted by molar-refractivity contribution is 5.64. The molecular formula is C24H18F7NO2. The van der Waals surface area contributed by atoms with Crippen LogP contribution in [0.15, 0.2) is 48.5 Å². The van der Waals surface area contributed by atoms with Crippen molar-refractivity contribution in [3.8, 4) is 16.9 Å². The zero-order valence-corrected chi connectivity index (χ0v) is 17.4. The molecule has 0 aromatic heterocycles. The van der Waals surface area contributed by atoms with Crippen molar-refractivity contribution in [2.45, 2.75) is 31.1 Å². The molecule has 2 unspecified atom stereocenters. The van der Waals surface area contributed by atoms with Gasteiger partial charge in [0.05, 0.1) is 12.7 Å². The molecule has 180 valence electrons. The summed E-state index contributed by atoms with van der Waals surface area (Å²) in [5.41, 5.74) is 5.21. The lowest BCUT2D eigenvalue weighted by Crippen LogP contribution is -2.32. The molecule has 0 bridgehead atoms. The van der Waals surface area contributed by atoms with Crippen LogP contribution in [0.5, 0.6) is 5.75 Å². The fourth-order valence-corrected chi connectivity index (χ4v) is 3.73. The summed E-state index contributed by atoms with van der Waals surface area (Å²) < 4.78 is 108. The average molecular weight is 485 g/mol. The maximum absolute atomic E-state index is 14.6. The Labute approximate surface area is 189 Å². The Hall–Kier alpha value is -3.11. The number of rotatable bonds is 5. The first-order valence-electron chi connectivity index (χ1n) is 10.2. The van der Waals surface area contributed by atoms with Gasteiger partial charge in [-0.2, -0.15) is 8.78 Å². The van der Waals surface area contributed by atoms with E-state index in [1.54, 1.807) is 24.3 Å². The van der Waals surface area contributed by atoms with Crippen LogP contribution in [0.2, 0.25) is 0 Å². The molecule has 1 aliphatic rings.